The number of hydrogen-bond donors (Lipinski definition) is 1. The Morgan fingerprint density at radius 3 is 2.65 bits per heavy atom. The molecule has 2 nitrogen and oxygen atoms in total. The standard InChI is InChI=1S/C12H9Br2NOS/c1-6-8(13)5-10(17-6)12(16)7-3-2-4-9(15)11(7)14/h2-5H,15H2,1H3. The van der Waals surface area contributed by atoms with Crippen LogP contribution in [0.15, 0.2) is 33.2 Å². The van der Waals surface area contributed by atoms with Crippen LogP contribution < -0.4 is 5.73 Å². The molecule has 5 heteroatoms. The molecular formula is C12H9Br2NOS. The Morgan fingerprint density at radius 2 is 2.06 bits per heavy atom. The van der Waals surface area contributed by atoms with E-state index in [1.54, 1.807) is 18.2 Å². The molecule has 0 unspecified atom stereocenters. The van der Waals surface area contributed by atoms with Gasteiger partial charge >= 0.3 is 0 Å². The molecule has 0 atom stereocenters. The lowest BCUT2D eigenvalue weighted by Gasteiger charge is -2.04. The van der Waals surface area contributed by atoms with Crippen LogP contribution in [0.2, 0.25) is 0 Å². The fourth-order valence-corrected chi connectivity index (χ4v) is 3.36. The molecule has 0 saturated carbocycles. The van der Waals surface area contributed by atoms with E-state index < -0.39 is 0 Å². The van der Waals surface area contributed by atoms with Crippen LogP contribution in [0.5, 0.6) is 0 Å². The molecule has 1 aromatic carbocycles. The van der Waals surface area contributed by atoms with Gasteiger partial charge in [-0.05, 0) is 57.0 Å². The number of nitrogens with two attached hydrogens (primary N) is 1. The van der Waals surface area contributed by atoms with Crippen LogP contribution in [0.4, 0.5) is 5.69 Å². The lowest BCUT2D eigenvalue weighted by molar-refractivity contribution is 0.104. The molecule has 2 rings (SSSR count). The first kappa shape index (κ1) is 12.8. The minimum absolute atomic E-state index is 0.0111. The summed E-state index contributed by atoms with van der Waals surface area (Å²) in [5, 5.41) is 0. The number of ketones is 1. The number of benzene rings is 1. The van der Waals surface area contributed by atoms with Crippen molar-refractivity contribution in [1.82, 2.24) is 0 Å². The normalized spacial score (nSPS) is 10.5. The van der Waals surface area contributed by atoms with Gasteiger partial charge in [-0.25, -0.2) is 0 Å². The highest BCUT2D eigenvalue weighted by Gasteiger charge is 2.16. The number of carbonyl (C=O) groups excluding carboxylic acids is 1. The van der Waals surface area contributed by atoms with Crippen molar-refractivity contribution in [3.05, 3.63) is 48.5 Å². The minimum Gasteiger partial charge on any atom is -0.398 e. The Hall–Kier alpha value is -0.650. The van der Waals surface area contributed by atoms with E-state index in [0.29, 0.717) is 20.6 Å². The maximum atomic E-state index is 12.3. The van der Waals surface area contributed by atoms with Crippen LogP contribution in [0.1, 0.15) is 20.1 Å². The predicted molar refractivity (Wildman–Crippen MR) is 78.7 cm³/mol. The van der Waals surface area contributed by atoms with Gasteiger partial charge < -0.3 is 5.73 Å². The van der Waals surface area contributed by atoms with Crippen molar-refractivity contribution in [2.24, 2.45) is 0 Å². The average molecular weight is 375 g/mol. The van der Waals surface area contributed by atoms with E-state index >= 15 is 0 Å². The molecule has 0 aliphatic carbocycles. The van der Waals surface area contributed by atoms with Gasteiger partial charge in [-0.1, -0.05) is 6.07 Å². The second-order valence-electron chi connectivity index (χ2n) is 3.55. The van der Waals surface area contributed by atoms with Crippen molar-refractivity contribution >= 4 is 54.7 Å². The van der Waals surface area contributed by atoms with Gasteiger partial charge in [-0.2, -0.15) is 0 Å². The van der Waals surface area contributed by atoms with Gasteiger partial charge in [0.2, 0.25) is 5.78 Å². The van der Waals surface area contributed by atoms with Gasteiger partial charge in [0.15, 0.2) is 0 Å². The van der Waals surface area contributed by atoms with Gasteiger partial charge in [-0.15, -0.1) is 11.3 Å². The summed E-state index contributed by atoms with van der Waals surface area (Å²) in [5.74, 6) is -0.0111. The molecule has 0 fully saturated rings. The summed E-state index contributed by atoms with van der Waals surface area (Å²) in [6.07, 6.45) is 0. The van der Waals surface area contributed by atoms with Crippen molar-refractivity contribution in [3.8, 4) is 0 Å². The summed E-state index contributed by atoms with van der Waals surface area (Å²) >= 11 is 8.24. The van der Waals surface area contributed by atoms with E-state index in [1.807, 2.05) is 13.0 Å². The van der Waals surface area contributed by atoms with Gasteiger partial charge in [-0.3, -0.25) is 4.79 Å². The Bertz CT molecular complexity index is 573. The molecule has 0 spiro atoms. The summed E-state index contributed by atoms with van der Waals surface area (Å²) in [6.45, 7) is 1.97. The molecule has 1 heterocycles. The quantitative estimate of drug-likeness (QED) is 0.625. The molecule has 0 aliphatic heterocycles. The zero-order valence-corrected chi connectivity index (χ0v) is 12.9. The summed E-state index contributed by atoms with van der Waals surface area (Å²) in [6, 6.07) is 7.16. The summed E-state index contributed by atoms with van der Waals surface area (Å²) in [7, 11) is 0. The zero-order valence-electron chi connectivity index (χ0n) is 8.96. The van der Waals surface area contributed by atoms with Crippen LogP contribution >= 0.6 is 43.2 Å². The molecule has 0 amide bonds. The SMILES string of the molecule is Cc1sc(C(=O)c2cccc(N)c2Br)cc1Br. The Balaban J connectivity index is 2.47. The highest BCUT2D eigenvalue weighted by Crippen LogP contribution is 2.31. The summed E-state index contributed by atoms with van der Waals surface area (Å²) in [4.78, 5) is 14.1. The molecule has 2 N–H and O–H groups in total. The lowest BCUT2D eigenvalue weighted by atomic mass is 10.1. The molecule has 0 aliphatic rings. The fourth-order valence-electron chi connectivity index (χ4n) is 1.43. The number of halogens is 2. The average Bonchev–Trinajstić information content (AvgIpc) is 2.62. The molecule has 0 saturated heterocycles. The van der Waals surface area contributed by atoms with Gasteiger partial charge in [0.1, 0.15) is 0 Å². The van der Waals surface area contributed by atoms with Gasteiger partial charge in [0.25, 0.3) is 0 Å². The Labute approximate surface area is 120 Å². The van der Waals surface area contributed by atoms with E-state index in [0.717, 1.165) is 9.35 Å². The number of hydrogen-bond acceptors (Lipinski definition) is 3. The van der Waals surface area contributed by atoms with Crippen LogP contribution in [-0.4, -0.2) is 5.78 Å². The number of carbonyl (C=O) groups is 1. The summed E-state index contributed by atoms with van der Waals surface area (Å²) in [5.41, 5.74) is 6.94. The lowest BCUT2D eigenvalue weighted by Crippen LogP contribution is -2.01. The van der Waals surface area contributed by atoms with Crippen molar-refractivity contribution in [1.29, 1.82) is 0 Å². The summed E-state index contributed by atoms with van der Waals surface area (Å²) < 4.78 is 1.62. The molecule has 0 bridgehead atoms. The van der Waals surface area contributed by atoms with Gasteiger partial charge in [0.05, 0.1) is 9.35 Å². The zero-order chi connectivity index (χ0) is 12.6. The van der Waals surface area contributed by atoms with Crippen molar-refractivity contribution < 1.29 is 4.79 Å². The number of aryl methyl sites for hydroxylation is 1. The van der Waals surface area contributed by atoms with Crippen LogP contribution in [0, 0.1) is 6.92 Å². The largest absolute Gasteiger partial charge is 0.398 e. The molecule has 0 radical (unpaired) electrons. The second kappa shape index (κ2) is 4.92. The Morgan fingerprint density at radius 1 is 1.35 bits per heavy atom. The van der Waals surface area contributed by atoms with Crippen LogP contribution in [0.3, 0.4) is 0 Å². The highest BCUT2D eigenvalue weighted by atomic mass is 79.9. The predicted octanol–water partition coefficient (Wildman–Crippen LogP) is 4.39. The number of rotatable bonds is 2. The van der Waals surface area contributed by atoms with Crippen LogP contribution in [-0.2, 0) is 0 Å². The monoisotopic (exact) mass is 373 g/mol. The first-order chi connectivity index (χ1) is 8.00. The molecule has 88 valence electrons. The van der Waals surface area contributed by atoms with Crippen LogP contribution in [0.25, 0.3) is 0 Å². The third-order valence-corrected chi connectivity index (χ3v) is 5.37. The van der Waals surface area contributed by atoms with E-state index in [-0.39, 0.29) is 5.78 Å². The second-order valence-corrected chi connectivity index (χ2v) is 6.46. The highest BCUT2D eigenvalue weighted by molar-refractivity contribution is 9.11. The van der Waals surface area contributed by atoms with Crippen molar-refractivity contribution in [2.75, 3.05) is 5.73 Å². The number of anilines is 1. The molecule has 1 aromatic heterocycles. The minimum atomic E-state index is -0.0111. The number of thiophene rings is 1. The Kier molecular flexibility index (Phi) is 3.70. The molecule has 2 aromatic rings. The first-order valence-corrected chi connectivity index (χ1v) is 7.25. The van der Waals surface area contributed by atoms with E-state index in [9.17, 15) is 4.79 Å². The first-order valence-electron chi connectivity index (χ1n) is 4.85. The molecule has 17 heavy (non-hydrogen) atoms. The topological polar surface area (TPSA) is 43.1 Å². The smallest absolute Gasteiger partial charge is 0.204 e. The van der Waals surface area contributed by atoms with E-state index in [2.05, 4.69) is 31.9 Å². The molecular weight excluding hydrogens is 366 g/mol. The van der Waals surface area contributed by atoms with Gasteiger partial charge in [0, 0.05) is 20.6 Å². The number of nitrogen functional groups attached to an aromatic ring is 1. The van der Waals surface area contributed by atoms with E-state index in [4.69, 9.17) is 5.73 Å². The van der Waals surface area contributed by atoms with Crippen molar-refractivity contribution in [3.63, 3.8) is 0 Å². The third-order valence-electron chi connectivity index (χ3n) is 2.35. The maximum Gasteiger partial charge on any atom is 0.204 e. The third kappa shape index (κ3) is 2.46. The van der Waals surface area contributed by atoms with E-state index in [1.165, 1.54) is 11.3 Å². The maximum absolute atomic E-state index is 12.3. The fraction of sp³-hybridized carbons (Fsp3) is 0.0833. The van der Waals surface area contributed by atoms with Crippen molar-refractivity contribution in [2.45, 2.75) is 6.92 Å².